The molecule has 10 heteroatoms. The molecule has 30 heavy (non-hydrogen) atoms. The molecule has 0 atom stereocenters. The van der Waals surface area contributed by atoms with Crippen LogP contribution in [0.25, 0.3) is 11.3 Å². The van der Waals surface area contributed by atoms with E-state index in [-0.39, 0.29) is 11.9 Å². The van der Waals surface area contributed by atoms with E-state index in [2.05, 4.69) is 25.5 Å². The molecule has 4 aromatic rings. The standard InChI is InChI=1S/C20H14ClN5O2S2/c21-18-17(25-26-30-18)12-5-4-8-14(11-12)22-19(27)15-9-10-16(29-15)24-20(28)23-13-6-2-1-3-7-13/h1-11H,(H,22,27)(H2,23,24,28). The Morgan fingerprint density at radius 3 is 2.43 bits per heavy atom. The highest BCUT2D eigenvalue weighted by molar-refractivity contribution is 7.18. The van der Waals surface area contributed by atoms with Crippen molar-refractivity contribution in [2.75, 3.05) is 16.0 Å². The zero-order valence-corrected chi connectivity index (χ0v) is 17.6. The Kier molecular flexibility index (Phi) is 6.03. The number of hydrogen-bond acceptors (Lipinski definition) is 6. The van der Waals surface area contributed by atoms with Gasteiger partial charge in [-0.3, -0.25) is 10.1 Å². The molecular formula is C20H14ClN5O2S2. The number of nitrogens with zero attached hydrogens (tertiary/aromatic N) is 2. The van der Waals surface area contributed by atoms with E-state index in [1.807, 2.05) is 24.3 Å². The van der Waals surface area contributed by atoms with Crippen LogP contribution in [0.5, 0.6) is 0 Å². The van der Waals surface area contributed by atoms with Gasteiger partial charge in [0.15, 0.2) is 0 Å². The van der Waals surface area contributed by atoms with E-state index in [1.54, 1.807) is 42.5 Å². The van der Waals surface area contributed by atoms with Crippen molar-refractivity contribution in [1.82, 2.24) is 9.59 Å². The Morgan fingerprint density at radius 1 is 0.867 bits per heavy atom. The molecule has 3 N–H and O–H groups in total. The van der Waals surface area contributed by atoms with Crippen molar-refractivity contribution >= 4 is 62.8 Å². The number of benzene rings is 2. The highest BCUT2D eigenvalue weighted by Gasteiger charge is 2.13. The monoisotopic (exact) mass is 455 g/mol. The number of halogens is 1. The average Bonchev–Trinajstić information content (AvgIpc) is 3.38. The summed E-state index contributed by atoms with van der Waals surface area (Å²) in [7, 11) is 0. The van der Waals surface area contributed by atoms with Gasteiger partial charge in [-0.15, -0.1) is 16.4 Å². The van der Waals surface area contributed by atoms with Crippen molar-refractivity contribution in [3.05, 3.63) is 75.9 Å². The first kappa shape index (κ1) is 20.0. The van der Waals surface area contributed by atoms with Crippen LogP contribution >= 0.6 is 34.5 Å². The largest absolute Gasteiger partial charge is 0.324 e. The predicted molar refractivity (Wildman–Crippen MR) is 122 cm³/mol. The number of carbonyl (C=O) groups excluding carboxylic acids is 2. The highest BCUT2D eigenvalue weighted by Crippen LogP contribution is 2.30. The van der Waals surface area contributed by atoms with Crippen molar-refractivity contribution in [2.45, 2.75) is 0 Å². The van der Waals surface area contributed by atoms with Crippen molar-refractivity contribution < 1.29 is 9.59 Å². The Hall–Kier alpha value is -3.27. The third-order valence-electron chi connectivity index (χ3n) is 3.94. The van der Waals surface area contributed by atoms with Crippen molar-refractivity contribution in [1.29, 1.82) is 0 Å². The molecule has 0 unspecified atom stereocenters. The van der Waals surface area contributed by atoms with E-state index in [4.69, 9.17) is 11.6 Å². The predicted octanol–water partition coefficient (Wildman–Crippen LogP) is 5.82. The second-order valence-electron chi connectivity index (χ2n) is 6.04. The SMILES string of the molecule is O=C(Nc1ccccc1)Nc1ccc(C(=O)Nc2cccc(-c3nnsc3Cl)c2)s1. The topological polar surface area (TPSA) is 96.0 Å². The molecule has 2 heterocycles. The van der Waals surface area contributed by atoms with Crippen LogP contribution in [0.4, 0.5) is 21.2 Å². The van der Waals surface area contributed by atoms with Crippen LogP contribution in [-0.4, -0.2) is 21.5 Å². The Labute approximate surface area is 184 Å². The number of amides is 3. The zero-order chi connectivity index (χ0) is 20.9. The maximum atomic E-state index is 12.6. The summed E-state index contributed by atoms with van der Waals surface area (Å²) >= 11 is 8.37. The fourth-order valence-corrected chi connectivity index (χ4v) is 4.09. The van der Waals surface area contributed by atoms with Crippen molar-refractivity contribution in [2.24, 2.45) is 0 Å². The number of hydrogen-bond donors (Lipinski definition) is 3. The lowest BCUT2D eigenvalue weighted by atomic mass is 10.1. The molecule has 150 valence electrons. The molecule has 0 fully saturated rings. The van der Waals surface area contributed by atoms with Gasteiger partial charge in [-0.1, -0.05) is 46.4 Å². The molecule has 0 saturated heterocycles. The van der Waals surface area contributed by atoms with Gasteiger partial charge in [0, 0.05) is 28.5 Å². The van der Waals surface area contributed by atoms with Crippen molar-refractivity contribution in [3.63, 3.8) is 0 Å². The second-order valence-corrected chi connectivity index (χ2v) is 8.48. The Balaban J connectivity index is 1.40. The molecular weight excluding hydrogens is 442 g/mol. The molecule has 0 radical (unpaired) electrons. The van der Waals surface area contributed by atoms with Crippen LogP contribution in [0.1, 0.15) is 9.67 Å². The molecule has 0 bridgehead atoms. The normalized spacial score (nSPS) is 10.4. The average molecular weight is 456 g/mol. The van der Waals surface area contributed by atoms with Gasteiger partial charge in [0.2, 0.25) is 0 Å². The van der Waals surface area contributed by atoms with Crippen LogP contribution in [0.15, 0.2) is 66.7 Å². The van der Waals surface area contributed by atoms with Gasteiger partial charge < -0.3 is 10.6 Å². The van der Waals surface area contributed by atoms with Gasteiger partial charge in [-0.2, -0.15) is 0 Å². The van der Waals surface area contributed by atoms with Gasteiger partial charge in [-0.05, 0) is 36.4 Å². The minimum atomic E-state index is -0.378. The zero-order valence-electron chi connectivity index (χ0n) is 15.3. The third-order valence-corrected chi connectivity index (χ3v) is 5.84. The summed E-state index contributed by atoms with van der Waals surface area (Å²) in [5, 5.41) is 12.9. The van der Waals surface area contributed by atoms with Crippen LogP contribution in [0.3, 0.4) is 0 Å². The summed E-state index contributed by atoms with van der Waals surface area (Å²) in [4.78, 5) is 25.1. The lowest BCUT2D eigenvalue weighted by Crippen LogP contribution is -2.18. The van der Waals surface area contributed by atoms with Crippen LogP contribution in [0.2, 0.25) is 4.34 Å². The number of nitrogens with one attached hydrogen (secondary N) is 3. The molecule has 0 spiro atoms. The van der Waals surface area contributed by atoms with Gasteiger partial charge >= 0.3 is 6.03 Å². The fourth-order valence-electron chi connectivity index (χ4n) is 2.61. The van der Waals surface area contributed by atoms with E-state index < -0.39 is 0 Å². The lowest BCUT2D eigenvalue weighted by molar-refractivity contribution is 0.103. The first-order chi connectivity index (χ1) is 14.6. The number of rotatable bonds is 5. The lowest BCUT2D eigenvalue weighted by Gasteiger charge is -2.06. The fraction of sp³-hybridized carbons (Fsp3) is 0. The number of aromatic nitrogens is 2. The van der Waals surface area contributed by atoms with E-state index in [1.165, 1.54) is 11.3 Å². The van der Waals surface area contributed by atoms with Crippen molar-refractivity contribution in [3.8, 4) is 11.3 Å². The summed E-state index contributed by atoms with van der Waals surface area (Å²) in [5.74, 6) is -0.281. The molecule has 7 nitrogen and oxygen atoms in total. The van der Waals surface area contributed by atoms with Crippen LogP contribution in [0, 0.1) is 0 Å². The summed E-state index contributed by atoms with van der Waals surface area (Å²) < 4.78 is 4.31. The number of urea groups is 1. The summed E-state index contributed by atoms with van der Waals surface area (Å²) in [5.41, 5.74) is 2.62. The molecule has 4 rings (SSSR count). The number of anilines is 3. The highest BCUT2D eigenvalue weighted by atomic mass is 35.5. The first-order valence-electron chi connectivity index (χ1n) is 8.71. The maximum Gasteiger partial charge on any atom is 0.324 e. The molecule has 0 aliphatic rings. The van der Waals surface area contributed by atoms with E-state index in [0.29, 0.717) is 31.3 Å². The minimum absolute atomic E-state index is 0.281. The van der Waals surface area contributed by atoms with Crippen LogP contribution < -0.4 is 16.0 Å². The van der Waals surface area contributed by atoms with E-state index >= 15 is 0 Å². The van der Waals surface area contributed by atoms with E-state index in [0.717, 1.165) is 17.1 Å². The number of carbonyl (C=O) groups is 2. The Bertz CT molecular complexity index is 1190. The molecule has 0 aliphatic heterocycles. The third kappa shape index (κ3) is 4.82. The summed E-state index contributed by atoms with van der Waals surface area (Å²) in [6.07, 6.45) is 0. The first-order valence-corrected chi connectivity index (χ1v) is 10.7. The Morgan fingerprint density at radius 2 is 1.67 bits per heavy atom. The van der Waals surface area contributed by atoms with Crippen LogP contribution in [-0.2, 0) is 0 Å². The maximum absolute atomic E-state index is 12.6. The number of thiophene rings is 1. The summed E-state index contributed by atoms with van der Waals surface area (Å²) in [6.45, 7) is 0. The van der Waals surface area contributed by atoms with Gasteiger partial charge in [0.05, 0.1) is 9.88 Å². The molecule has 3 amide bonds. The second kappa shape index (κ2) is 9.04. The number of para-hydroxylation sites is 1. The molecule has 0 aliphatic carbocycles. The van der Waals surface area contributed by atoms with Gasteiger partial charge in [-0.25, -0.2) is 4.79 Å². The van der Waals surface area contributed by atoms with Gasteiger partial charge in [0.25, 0.3) is 5.91 Å². The molecule has 0 saturated carbocycles. The molecule has 2 aromatic carbocycles. The van der Waals surface area contributed by atoms with E-state index in [9.17, 15) is 9.59 Å². The minimum Gasteiger partial charge on any atom is -0.321 e. The molecule has 2 aromatic heterocycles. The summed E-state index contributed by atoms with van der Waals surface area (Å²) in [6, 6.07) is 19.3. The smallest absolute Gasteiger partial charge is 0.321 e. The quantitative estimate of drug-likeness (QED) is 0.353. The van der Waals surface area contributed by atoms with Gasteiger partial charge in [0.1, 0.15) is 10.0 Å².